The molecule has 0 radical (unpaired) electrons. The molecule has 0 fully saturated rings. The highest BCUT2D eigenvalue weighted by molar-refractivity contribution is 5.45. The van der Waals surface area contributed by atoms with E-state index < -0.39 is 0 Å². The average Bonchev–Trinajstić information content (AvgIpc) is 1.99. The summed E-state index contributed by atoms with van der Waals surface area (Å²) in [6, 6.07) is 0. The van der Waals surface area contributed by atoms with Gasteiger partial charge in [-0.05, 0) is 49.3 Å². The first-order valence-corrected chi connectivity index (χ1v) is 5.59. The van der Waals surface area contributed by atoms with Gasteiger partial charge in [0.15, 0.2) is 0 Å². The summed E-state index contributed by atoms with van der Waals surface area (Å²) in [6.07, 6.45) is 7.05. The molecule has 0 bridgehead atoms. The fraction of sp³-hybridized carbons (Fsp3) is 0.571. The SMILES string of the molecule is CC1=C(/C(C)=C\C(C)O)C(C)(C)CC=C1. The van der Waals surface area contributed by atoms with Gasteiger partial charge in [-0.1, -0.05) is 32.1 Å². The van der Waals surface area contributed by atoms with Crippen molar-refractivity contribution >= 4 is 0 Å². The number of aliphatic hydroxyl groups excluding tert-OH is 1. The van der Waals surface area contributed by atoms with Gasteiger partial charge < -0.3 is 5.11 Å². The zero-order valence-electron chi connectivity index (χ0n) is 10.5. The molecule has 1 heteroatoms. The summed E-state index contributed by atoms with van der Waals surface area (Å²) < 4.78 is 0. The Morgan fingerprint density at radius 1 is 1.53 bits per heavy atom. The summed E-state index contributed by atoms with van der Waals surface area (Å²) in [5.74, 6) is 0. The van der Waals surface area contributed by atoms with Gasteiger partial charge in [-0.15, -0.1) is 0 Å². The maximum atomic E-state index is 9.39. The van der Waals surface area contributed by atoms with E-state index in [0.29, 0.717) is 0 Å². The molecule has 0 aromatic carbocycles. The molecule has 0 saturated carbocycles. The van der Waals surface area contributed by atoms with E-state index in [-0.39, 0.29) is 11.5 Å². The van der Waals surface area contributed by atoms with Gasteiger partial charge in [0.2, 0.25) is 0 Å². The highest BCUT2D eigenvalue weighted by Crippen LogP contribution is 2.40. The number of hydrogen-bond donors (Lipinski definition) is 1. The third-order valence-electron chi connectivity index (χ3n) is 2.95. The predicted octanol–water partition coefficient (Wildman–Crippen LogP) is 3.62. The van der Waals surface area contributed by atoms with Crippen molar-refractivity contribution in [2.24, 2.45) is 5.41 Å². The van der Waals surface area contributed by atoms with Crippen molar-refractivity contribution < 1.29 is 5.11 Å². The third-order valence-corrected chi connectivity index (χ3v) is 2.95. The minimum Gasteiger partial charge on any atom is -0.389 e. The van der Waals surface area contributed by atoms with Crippen molar-refractivity contribution in [3.63, 3.8) is 0 Å². The average molecular weight is 206 g/mol. The van der Waals surface area contributed by atoms with Crippen LogP contribution in [0, 0.1) is 5.41 Å². The molecule has 1 rings (SSSR count). The number of aliphatic hydroxyl groups is 1. The normalized spacial score (nSPS) is 23.2. The summed E-state index contributed by atoms with van der Waals surface area (Å²) in [6.45, 7) is 10.5. The molecule has 0 aromatic rings. The molecule has 0 heterocycles. The van der Waals surface area contributed by atoms with Crippen molar-refractivity contribution in [1.29, 1.82) is 0 Å². The van der Waals surface area contributed by atoms with Crippen molar-refractivity contribution in [3.05, 3.63) is 34.9 Å². The highest BCUT2D eigenvalue weighted by Gasteiger charge is 2.26. The second-order valence-corrected chi connectivity index (χ2v) is 5.14. The second kappa shape index (κ2) is 4.36. The van der Waals surface area contributed by atoms with Crippen LogP contribution < -0.4 is 0 Å². The van der Waals surface area contributed by atoms with E-state index in [1.165, 1.54) is 16.7 Å². The van der Waals surface area contributed by atoms with Crippen LogP contribution >= 0.6 is 0 Å². The molecule has 0 saturated heterocycles. The van der Waals surface area contributed by atoms with E-state index in [4.69, 9.17) is 0 Å². The first-order valence-electron chi connectivity index (χ1n) is 5.59. The largest absolute Gasteiger partial charge is 0.389 e. The number of hydrogen-bond acceptors (Lipinski definition) is 1. The fourth-order valence-electron chi connectivity index (χ4n) is 2.54. The van der Waals surface area contributed by atoms with E-state index in [0.717, 1.165) is 6.42 Å². The lowest BCUT2D eigenvalue weighted by molar-refractivity contribution is 0.243. The Kier molecular flexibility index (Phi) is 3.56. The Hall–Kier alpha value is -0.820. The van der Waals surface area contributed by atoms with E-state index >= 15 is 0 Å². The molecular formula is C14H22O. The molecule has 1 aliphatic carbocycles. The topological polar surface area (TPSA) is 20.2 Å². The Balaban J connectivity index is 3.15. The zero-order chi connectivity index (χ0) is 11.6. The van der Waals surface area contributed by atoms with Gasteiger partial charge in [0, 0.05) is 0 Å². The lowest BCUT2D eigenvalue weighted by atomic mass is 9.73. The summed E-state index contributed by atoms with van der Waals surface area (Å²) in [4.78, 5) is 0. The molecule has 1 unspecified atom stereocenters. The van der Waals surface area contributed by atoms with Crippen LogP contribution in [0.15, 0.2) is 34.9 Å². The van der Waals surface area contributed by atoms with E-state index in [2.05, 4.69) is 39.8 Å². The van der Waals surface area contributed by atoms with Crippen LogP contribution in [0.25, 0.3) is 0 Å². The van der Waals surface area contributed by atoms with E-state index in [1.54, 1.807) is 6.92 Å². The molecule has 15 heavy (non-hydrogen) atoms. The minimum atomic E-state index is -0.369. The first-order chi connectivity index (χ1) is 6.84. The van der Waals surface area contributed by atoms with Gasteiger partial charge >= 0.3 is 0 Å². The summed E-state index contributed by atoms with van der Waals surface area (Å²) in [5, 5.41) is 9.39. The molecule has 1 N–H and O–H groups in total. The smallest absolute Gasteiger partial charge is 0.0698 e. The predicted molar refractivity (Wildman–Crippen MR) is 65.7 cm³/mol. The van der Waals surface area contributed by atoms with Crippen LogP contribution in [-0.2, 0) is 0 Å². The Bertz CT molecular complexity index is 327. The molecule has 0 aliphatic heterocycles. The van der Waals surface area contributed by atoms with Gasteiger partial charge in [-0.25, -0.2) is 0 Å². The summed E-state index contributed by atoms with van der Waals surface area (Å²) >= 11 is 0. The standard InChI is InChI=1S/C14H22O/c1-10-7-6-8-14(4,5)13(10)11(2)9-12(3)15/h6-7,9,12,15H,8H2,1-5H3/b11-9-. The monoisotopic (exact) mass is 206 g/mol. The van der Waals surface area contributed by atoms with Crippen LogP contribution in [-0.4, -0.2) is 11.2 Å². The number of allylic oxidation sites excluding steroid dienone is 5. The van der Waals surface area contributed by atoms with Crippen molar-refractivity contribution in [3.8, 4) is 0 Å². The fourth-order valence-corrected chi connectivity index (χ4v) is 2.54. The van der Waals surface area contributed by atoms with Crippen LogP contribution in [0.1, 0.15) is 41.0 Å². The Morgan fingerprint density at radius 2 is 2.13 bits per heavy atom. The highest BCUT2D eigenvalue weighted by atomic mass is 16.3. The van der Waals surface area contributed by atoms with Gasteiger partial charge in [-0.3, -0.25) is 0 Å². The number of rotatable bonds is 2. The lowest BCUT2D eigenvalue weighted by Crippen LogP contribution is -2.19. The van der Waals surface area contributed by atoms with Crippen LogP contribution in [0.5, 0.6) is 0 Å². The van der Waals surface area contributed by atoms with Crippen molar-refractivity contribution in [2.75, 3.05) is 0 Å². The molecule has 0 amide bonds. The minimum absolute atomic E-state index is 0.189. The van der Waals surface area contributed by atoms with Gasteiger partial charge in [-0.2, -0.15) is 0 Å². The summed E-state index contributed by atoms with van der Waals surface area (Å²) in [7, 11) is 0. The molecule has 1 atom stereocenters. The van der Waals surface area contributed by atoms with E-state index in [9.17, 15) is 5.11 Å². The Morgan fingerprint density at radius 3 is 2.60 bits per heavy atom. The second-order valence-electron chi connectivity index (χ2n) is 5.14. The van der Waals surface area contributed by atoms with Crippen molar-refractivity contribution in [1.82, 2.24) is 0 Å². The maximum absolute atomic E-state index is 9.39. The van der Waals surface area contributed by atoms with Crippen LogP contribution in [0.2, 0.25) is 0 Å². The van der Waals surface area contributed by atoms with Gasteiger partial charge in [0.1, 0.15) is 0 Å². The molecular weight excluding hydrogens is 184 g/mol. The first kappa shape index (κ1) is 12.3. The molecule has 84 valence electrons. The quantitative estimate of drug-likeness (QED) is 0.731. The maximum Gasteiger partial charge on any atom is 0.0698 e. The zero-order valence-corrected chi connectivity index (χ0v) is 10.5. The van der Waals surface area contributed by atoms with Crippen LogP contribution in [0.4, 0.5) is 0 Å². The molecule has 1 nitrogen and oxygen atoms in total. The Labute approximate surface area is 93.2 Å². The molecule has 0 spiro atoms. The third kappa shape index (κ3) is 2.82. The van der Waals surface area contributed by atoms with Crippen molar-refractivity contribution in [2.45, 2.75) is 47.1 Å². The van der Waals surface area contributed by atoms with Crippen LogP contribution in [0.3, 0.4) is 0 Å². The van der Waals surface area contributed by atoms with E-state index in [1.807, 2.05) is 6.08 Å². The lowest BCUT2D eigenvalue weighted by Gasteiger charge is -2.32. The van der Waals surface area contributed by atoms with Gasteiger partial charge in [0.05, 0.1) is 6.10 Å². The molecule has 0 aromatic heterocycles. The summed E-state index contributed by atoms with van der Waals surface area (Å²) in [5.41, 5.74) is 4.09. The van der Waals surface area contributed by atoms with Gasteiger partial charge in [0.25, 0.3) is 0 Å². The molecule has 1 aliphatic rings.